The zero-order chi connectivity index (χ0) is 7.78. The van der Waals surface area contributed by atoms with Crippen molar-refractivity contribution in [3.8, 4) is 0 Å². The summed E-state index contributed by atoms with van der Waals surface area (Å²) in [5, 5.41) is 0.248. The Kier molecular flexibility index (Phi) is 2.06. The second-order valence-electron chi connectivity index (χ2n) is 3.75. The molecule has 2 nitrogen and oxygen atoms in total. The summed E-state index contributed by atoms with van der Waals surface area (Å²) in [6.45, 7) is 9.60. The molecule has 1 aliphatic rings. The monoisotopic (exact) mass is 142 g/mol. The van der Waals surface area contributed by atoms with Gasteiger partial charge < -0.3 is 4.81 Å². The Hall–Kier alpha value is -0.0151. The van der Waals surface area contributed by atoms with Gasteiger partial charge in [-0.1, -0.05) is 27.6 Å². The molecule has 0 spiro atoms. The molecule has 0 bridgehead atoms. The topological polar surface area (TPSA) is 18.5 Å². The summed E-state index contributed by atoms with van der Waals surface area (Å²) in [6.07, 6.45) is 0. The van der Waals surface area contributed by atoms with Crippen LogP contribution < -0.4 is 0 Å². The standard InChI is InChI=1S/C7H15BO2/c1-6-5-9-10-8(4)7(6,2)3/h6H,5H2,1-4H3. The van der Waals surface area contributed by atoms with E-state index in [9.17, 15) is 0 Å². The Morgan fingerprint density at radius 3 is 2.50 bits per heavy atom. The molecule has 58 valence electrons. The first-order valence-corrected chi connectivity index (χ1v) is 3.83. The van der Waals surface area contributed by atoms with Crippen molar-refractivity contribution in [2.24, 2.45) is 5.92 Å². The van der Waals surface area contributed by atoms with Crippen LogP contribution in [-0.2, 0) is 9.69 Å². The van der Waals surface area contributed by atoms with E-state index in [1.54, 1.807) is 0 Å². The van der Waals surface area contributed by atoms with Crippen LogP contribution in [0.2, 0.25) is 12.1 Å². The lowest BCUT2D eigenvalue weighted by atomic mass is 9.44. The highest BCUT2D eigenvalue weighted by atomic mass is 17.2. The van der Waals surface area contributed by atoms with Crippen molar-refractivity contribution in [2.45, 2.75) is 32.9 Å². The highest BCUT2D eigenvalue weighted by Crippen LogP contribution is 2.40. The molecular weight excluding hydrogens is 127 g/mol. The molecule has 0 amide bonds. The van der Waals surface area contributed by atoms with Gasteiger partial charge in [0, 0.05) is 0 Å². The predicted octanol–water partition coefficient (Wildman–Crippen LogP) is 1.99. The van der Waals surface area contributed by atoms with Crippen LogP contribution in [0, 0.1) is 5.92 Å². The Bertz CT molecular complexity index is 113. The molecule has 1 atom stereocenters. The highest BCUT2D eigenvalue weighted by molar-refractivity contribution is 6.53. The third kappa shape index (κ3) is 1.20. The van der Waals surface area contributed by atoms with Gasteiger partial charge in [0.1, 0.15) is 0 Å². The zero-order valence-electron chi connectivity index (χ0n) is 7.18. The SMILES string of the molecule is CB1OOCC(C)C1(C)C. The molecular formula is C7H15BO2. The molecule has 0 saturated carbocycles. The predicted molar refractivity (Wildman–Crippen MR) is 41.9 cm³/mol. The number of hydrogen-bond acceptors (Lipinski definition) is 2. The molecule has 0 aliphatic carbocycles. The maximum absolute atomic E-state index is 5.06. The molecule has 0 aromatic carbocycles. The molecule has 1 saturated heterocycles. The minimum absolute atomic E-state index is 0.205. The lowest BCUT2D eigenvalue weighted by Crippen LogP contribution is -2.40. The Morgan fingerprint density at radius 1 is 1.50 bits per heavy atom. The van der Waals surface area contributed by atoms with Crippen LogP contribution in [0.3, 0.4) is 0 Å². The fraction of sp³-hybridized carbons (Fsp3) is 1.00. The van der Waals surface area contributed by atoms with Crippen molar-refractivity contribution >= 4 is 6.92 Å². The fourth-order valence-corrected chi connectivity index (χ4v) is 0.983. The normalized spacial score (nSPS) is 32.4. The van der Waals surface area contributed by atoms with Crippen LogP contribution in [0.4, 0.5) is 0 Å². The van der Waals surface area contributed by atoms with Crippen LogP contribution in [0.25, 0.3) is 0 Å². The van der Waals surface area contributed by atoms with E-state index in [0.717, 1.165) is 6.61 Å². The molecule has 1 aliphatic heterocycles. The average Bonchev–Trinajstić information content (AvgIpc) is 1.84. The summed E-state index contributed by atoms with van der Waals surface area (Å²) in [7, 11) is 0. The number of rotatable bonds is 0. The van der Waals surface area contributed by atoms with E-state index >= 15 is 0 Å². The van der Waals surface area contributed by atoms with Gasteiger partial charge in [-0.25, -0.2) is 0 Å². The summed E-state index contributed by atoms with van der Waals surface area (Å²) in [6, 6.07) is 0. The van der Waals surface area contributed by atoms with E-state index in [4.69, 9.17) is 9.69 Å². The van der Waals surface area contributed by atoms with E-state index in [0.29, 0.717) is 5.92 Å². The van der Waals surface area contributed by atoms with Crippen molar-refractivity contribution in [1.29, 1.82) is 0 Å². The lowest BCUT2D eigenvalue weighted by Gasteiger charge is -2.38. The summed E-state index contributed by atoms with van der Waals surface area (Å²) < 4.78 is 0. The maximum atomic E-state index is 5.06. The first-order valence-electron chi connectivity index (χ1n) is 3.83. The summed E-state index contributed by atoms with van der Waals surface area (Å²) in [4.78, 5) is 9.99. The molecule has 1 heterocycles. The van der Waals surface area contributed by atoms with Crippen molar-refractivity contribution in [1.82, 2.24) is 0 Å². The van der Waals surface area contributed by atoms with Crippen molar-refractivity contribution < 1.29 is 9.69 Å². The maximum Gasteiger partial charge on any atom is 0.343 e. The van der Waals surface area contributed by atoms with Crippen molar-refractivity contribution in [3.05, 3.63) is 0 Å². The second kappa shape index (κ2) is 2.55. The Balaban J connectivity index is 2.63. The quantitative estimate of drug-likeness (QED) is 0.380. The molecule has 1 rings (SSSR count). The van der Waals surface area contributed by atoms with E-state index in [1.165, 1.54) is 0 Å². The third-order valence-electron chi connectivity index (χ3n) is 2.85. The van der Waals surface area contributed by atoms with Gasteiger partial charge in [0.15, 0.2) is 0 Å². The largest absolute Gasteiger partial charge is 0.343 e. The Labute approximate surface area is 62.9 Å². The Morgan fingerprint density at radius 2 is 2.10 bits per heavy atom. The molecule has 0 aromatic heterocycles. The van der Waals surface area contributed by atoms with Gasteiger partial charge >= 0.3 is 6.92 Å². The minimum atomic E-state index is 0.205. The van der Waals surface area contributed by atoms with Gasteiger partial charge in [-0.15, -0.1) is 0 Å². The van der Waals surface area contributed by atoms with E-state index in [2.05, 4.69) is 27.6 Å². The van der Waals surface area contributed by atoms with E-state index in [-0.39, 0.29) is 12.2 Å². The molecule has 1 fully saturated rings. The number of hydrogen-bond donors (Lipinski definition) is 0. The minimum Gasteiger partial charge on any atom is -0.305 e. The zero-order valence-corrected chi connectivity index (χ0v) is 7.18. The first kappa shape index (κ1) is 8.09. The van der Waals surface area contributed by atoms with Crippen LogP contribution in [0.1, 0.15) is 20.8 Å². The van der Waals surface area contributed by atoms with Crippen LogP contribution in [-0.4, -0.2) is 13.5 Å². The lowest BCUT2D eigenvalue weighted by molar-refractivity contribution is -0.242. The van der Waals surface area contributed by atoms with Gasteiger partial charge in [-0.3, -0.25) is 4.89 Å². The van der Waals surface area contributed by atoms with Crippen LogP contribution >= 0.6 is 0 Å². The molecule has 3 heteroatoms. The van der Waals surface area contributed by atoms with Gasteiger partial charge in [0.2, 0.25) is 0 Å². The highest BCUT2D eigenvalue weighted by Gasteiger charge is 2.40. The van der Waals surface area contributed by atoms with E-state index < -0.39 is 0 Å². The van der Waals surface area contributed by atoms with Gasteiger partial charge in [-0.2, -0.15) is 0 Å². The van der Waals surface area contributed by atoms with Crippen LogP contribution in [0.5, 0.6) is 0 Å². The first-order chi connectivity index (χ1) is 4.55. The molecule has 10 heavy (non-hydrogen) atoms. The summed E-state index contributed by atoms with van der Waals surface area (Å²) in [5.41, 5.74) is 0. The molecule has 0 N–H and O–H groups in total. The van der Waals surface area contributed by atoms with Crippen LogP contribution in [0.15, 0.2) is 0 Å². The molecule has 1 unspecified atom stereocenters. The average molecular weight is 142 g/mol. The fourth-order valence-electron chi connectivity index (χ4n) is 0.983. The molecule has 0 aromatic rings. The summed E-state index contributed by atoms with van der Waals surface area (Å²) in [5.74, 6) is 0.580. The van der Waals surface area contributed by atoms with Gasteiger partial charge in [-0.05, 0) is 11.2 Å². The van der Waals surface area contributed by atoms with Crippen molar-refractivity contribution in [3.63, 3.8) is 0 Å². The smallest absolute Gasteiger partial charge is 0.305 e. The van der Waals surface area contributed by atoms with Gasteiger partial charge in [0.25, 0.3) is 0 Å². The summed E-state index contributed by atoms with van der Waals surface area (Å²) >= 11 is 0. The van der Waals surface area contributed by atoms with Crippen molar-refractivity contribution in [2.75, 3.05) is 6.61 Å². The third-order valence-corrected chi connectivity index (χ3v) is 2.85. The van der Waals surface area contributed by atoms with E-state index in [1.807, 2.05) is 0 Å². The van der Waals surface area contributed by atoms with Gasteiger partial charge in [0.05, 0.1) is 6.61 Å². The molecule has 0 radical (unpaired) electrons. The second-order valence-corrected chi connectivity index (χ2v) is 3.75.